The van der Waals surface area contributed by atoms with Crippen molar-refractivity contribution < 1.29 is 24.5 Å². The van der Waals surface area contributed by atoms with E-state index in [0.29, 0.717) is 22.3 Å². The summed E-state index contributed by atoms with van der Waals surface area (Å²) in [7, 11) is 0. The van der Waals surface area contributed by atoms with Gasteiger partial charge in [0.05, 0.1) is 25.3 Å². The van der Waals surface area contributed by atoms with Gasteiger partial charge in [-0.25, -0.2) is 0 Å². The molecule has 0 aliphatic carbocycles. The Balaban J connectivity index is 3.22. The molecule has 0 fully saturated rings. The van der Waals surface area contributed by atoms with Crippen LogP contribution in [-0.2, 0) is 0 Å². The molecule has 2 aromatic carbocycles. The van der Waals surface area contributed by atoms with Crippen LogP contribution in [-0.4, -0.2) is 25.5 Å². The Hall–Kier alpha value is -4.29. The average Bonchev–Trinajstić information content (AvgIpc) is 2.68. The normalized spacial score (nSPS) is 10.7. The smallest absolute Gasteiger partial charge is 0.288 e. The lowest BCUT2D eigenvalue weighted by molar-refractivity contribution is -0.452. The first kappa shape index (κ1) is 24.0. The first-order chi connectivity index (χ1) is 14.7. The number of carbonyl (C=O) groups excluding carboxylic acids is 1. The Morgan fingerprint density at radius 3 is 1.12 bits per heavy atom. The molecule has 0 aromatic heterocycles. The molecule has 168 valence electrons. The second-order valence-corrected chi connectivity index (χ2v) is 7.25. The molecule has 0 heterocycles. The molecule has 32 heavy (non-hydrogen) atoms. The molecule has 2 aromatic rings. The van der Waals surface area contributed by atoms with Crippen LogP contribution in [0.2, 0.25) is 0 Å². The zero-order valence-electron chi connectivity index (χ0n) is 18.0. The standard InChI is InChI=1S/C19H18N4O9/c1-7-8(2)10(4)13(11(5)9(7)3)19(24)14-12(6)15(20(25)26)17(22(29)30)18(23(31)32)16(14)21(27)28/h1-6H3. The summed E-state index contributed by atoms with van der Waals surface area (Å²) in [5.41, 5.74) is -4.64. The highest BCUT2D eigenvalue weighted by atomic mass is 16.7. The van der Waals surface area contributed by atoms with Crippen molar-refractivity contribution in [2.75, 3.05) is 0 Å². The number of carbonyl (C=O) groups is 1. The van der Waals surface area contributed by atoms with E-state index in [4.69, 9.17) is 0 Å². The van der Waals surface area contributed by atoms with Crippen LogP contribution < -0.4 is 0 Å². The van der Waals surface area contributed by atoms with Crippen molar-refractivity contribution in [3.05, 3.63) is 85.0 Å². The van der Waals surface area contributed by atoms with Gasteiger partial charge in [-0.2, -0.15) is 0 Å². The number of benzene rings is 2. The highest BCUT2D eigenvalue weighted by Crippen LogP contribution is 2.49. The molecule has 13 heteroatoms. The van der Waals surface area contributed by atoms with Crippen LogP contribution in [0.1, 0.15) is 49.3 Å². The summed E-state index contributed by atoms with van der Waals surface area (Å²) in [4.78, 5) is 54.6. The van der Waals surface area contributed by atoms with E-state index in [1.165, 1.54) is 0 Å². The van der Waals surface area contributed by atoms with Gasteiger partial charge in [0.2, 0.25) is 5.78 Å². The van der Waals surface area contributed by atoms with Crippen LogP contribution in [0.25, 0.3) is 0 Å². The number of hydrogen-bond acceptors (Lipinski definition) is 9. The van der Waals surface area contributed by atoms with Crippen LogP contribution in [0.5, 0.6) is 0 Å². The zero-order valence-corrected chi connectivity index (χ0v) is 18.0. The fraction of sp³-hybridized carbons (Fsp3) is 0.316. The van der Waals surface area contributed by atoms with E-state index in [1.54, 1.807) is 27.7 Å². The molecule has 0 unspecified atom stereocenters. The van der Waals surface area contributed by atoms with E-state index in [9.17, 15) is 45.3 Å². The van der Waals surface area contributed by atoms with Gasteiger partial charge in [-0.05, 0) is 69.4 Å². The maximum Gasteiger partial charge on any atom is 0.430 e. The largest absolute Gasteiger partial charge is 0.430 e. The van der Waals surface area contributed by atoms with Gasteiger partial charge in [0, 0.05) is 5.56 Å². The number of hydrogen-bond donors (Lipinski definition) is 0. The lowest BCUT2D eigenvalue weighted by Crippen LogP contribution is -2.17. The van der Waals surface area contributed by atoms with E-state index in [2.05, 4.69) is 0 Å². The van der Waals surface area contributed by atoms with Gasteiger partial charge in [0.25, 0.3) is 0 Å². The van der Waals surface area contributed by atoms with E-state index < -0.39 is 59.4 Å². The fourth-order valence-corrected chi connectivity index (χ4v) is 3.81. The summed E-state index contributed by atoms with van der Waals surface area (Å²) >= 11 is 0. The van der Waals surface area contributed by atoms with Crippen molar-refractivity contribution in [3.8, 4) is 0 Å². The average molecular weight is 446 g/mol. The van der Waals surface area contributed by atoms with Crippen LogP contribution in [0.4, 0.5) is 22.7 Å². The molecule has 0 saturated heterocycles. The maximum absolute atomic E-state index is 13.6. The second kappa shape index (κ2) is 8.09. The zero-order chi connectivity index (χ0) is 24.8. The third-order valence-electron chi connectivity index (χ3n) is 5.82. The fourth-order valence-electron chi connectivity index (χ4n) is 3.81. The maximum atomic E-state index is 13.6. The molecule has 0 spiro atoms. The minimum absolute atomic E-state index is 0.00533. The molecule has 2 rings (SSSR count). The van der Waals surface area contributed by atoms with Crippen molar-refractivity contribution >= 4 is 28.5 Å². The summed E-state index contributed by atoms with van der Waals surface area (Å²) in [6, 6.07) is 0. The Morgan fingerprint density at radius 2 is 0.781 bits per heavy atom. The van der Waals surface area contributed by atoms with Crippen LogP contribution in [0.15, 0.2) is 0 Å². The van der Waals surface area contributed by atoms with Crippen molar-refractivity contribution in [2.45, 2.75) is 41.5 Å². The topological polar surface area (TPSA) is 190 Å². The molecule has 0 bridgehead atoms. The molecule has 0 aliphatic heterocycles. The molecular formula is C19H18N4O9. The van der Waals surface area contributed by atoms with Crippen molar-refractivity contribution in [1.29, 1.82) is 0 Å². The second-order valence-electron chi connectivity index (χ2n) is 7.25. The van der Waals surface area contributed by atoms with Crippen LogP contribution in [0.3, 0.4) is 0 Å². The van der Waals surface area contributed by atoms with E-state index in [1.807, 2.05) is 6.92 Å². The van der Waals surface area contributed by atoms with Gasteiger partial charge >= 0.3 is 22.7 Å². The minimum Gasteiger partial charge on any atom is -0.288 e. The first-order valence-electron chi connectivity index (χ1n) is 9.06. The first-order valence-corrected chi connectivity index (χ1v) is 9.06. The molecule has 0 radical (unpaired) electrons. The summed E-state index contributed by atoms with van der Waals surface area (Å²) in [5.74, 6) is -1.06. The number of rotatable bonds is 6. The monoisotopic (exact) mass is 446 g/mol. The van der Waals surface area contributed by atoms with E-state index in [-0.39, 0.29) is 5.56 Å². The van der Waals surface area contributed by atoms with Gasteiger partial charge in [-0.3, -0.25) is 45.3 Å². The predicted molar refractivity (Wildman–Crippen MR) is 111 cm³/mol. The van der Waals surface area contributed by atoms with Gasteiger partial charge in [-0.15, -0.1) is 0 Å². The van der Waals surface area contributed by atoms with Crippen molar-refractivity contribution in [3.63, 3.8) is 0 Å². The summed E-state index contributed by atoms with van der Waals surface area (Å²) in [6.45, 7) is 9.34. The Labute approximate surface area is 180 Å². The number of nitrogens with zero attached hydrogens (tertiary/aromatic N) is 4. The molecule has 13 nitrogen and oxygen atoms in total. The SMILES string of the molecule is Cc1c(C)c(C)c(C(=O)c2c(C)c([N+](=O)[O-])c([N+](=O)[O-])c([N+](=O)[O-])c2[N+](=O)[O-])c(C)c1C. The number of ketones is 1. The highest BCUT2D eigenvalue weighted by Gasteiger charge is 2.50. The van der Waals surface area contributed by atoms with E-state index >= 15 is 0 Å². The molecule has 0 aliphatic rings. The Bertz CT molecular complexity index is 1240. The summed E-state index contributed by atoms with van der Waals surface area (Å²) < 4.78 is 0. The molecule has 0 saturated carbocycles. The van der Waals surface area contributed by atoms with Crippen LogP contribution in [0, 0.1) is 82.0 Å². The van der Waals surface area contributed by atoms with Gasteiger partial charge in [-0.1, -0.05) is 0 Å². The minimum atomic E-state index is -1.71. The highest BCUT2D eigenvalue weighted by molar-refractivity contribution is 6.16. The number of nitro groups is 4. The number of nitro benzene ring substituents is 4. The van der Waals surface area contributed by atoms with Crippen LogP contribution >= 0.6 is 0 Å². The van der Waals surface area contributed by atoms with Crippen molar-refractivity contribution in [2.24, 2.45) is 0 Å². The lowest BCUT2D eigenvalue weighted by atomic mass is 9.84. The van der Waals surface area contributed by atoms with Gasteiger partial charge in [0.1, 0.15) is 5.56 Å². The van der Waals surface area contributed by atoms with Crippen molar-refractivity contribution in [1.82, 2.24) is 0 Å². The molecular weight excluding hydrogens is 428 g/mol. The molecule has 0 amide bonds. The van der Waals surface area contributed by atoms with Gasteiger partial charge < -0.3 is 0 Å². The lowest BCUT2D eigenvalue weighted by Gasteiger charge is -2.18. The third kappa shape index (κ3) is 3.42. The quantitative estimate of drug-likeness (QED) is 0.351. The third-order valence-corrected chi connectivity index (χ3v) is 5.82. The van der Waals surface area contributed by atoms with E-state index in [0.717, 1.165) is 12.5 Å². The Kier molecular flexibility index (Phi) is 6.06. The predicted octanol–water partition coefficient (Wildman–Crippen LogP) is 4.40. The summed E-state index contributed by atoms with van der Waals surface area (Å²) in [5, 5.41) is 46.5. The summed E-state index contributed by atoms with van der Waals surface area (Å²) in [6.07, 6.45) is 0. The van der Waals surface area contributed by atoms with Gasteiger partial charge in [0.15, 0.2) is 0 Å². The molecule has 0 atom stereocenters. The molecule has 0 N–H and O–H groups in total. The Morgan fingerprint density at radius 1 is 0.469 bits per heavy atom.